The third-order valence-electron chi connectivity index (χ3n) is 3.73. The van der Waals surface area contributed by atoms with E-state index in [9.17, 15) is 4.79 Å². The van der Waals surface area contributed by atoms with Crippen LogP contribution in [0.1, 0.15) is 28.2 Å². The first-order valence-corrected chi connectivity index (χ1v) is 6.07. The zero-order valence-electron chi connectivity index (χ0n) is 10.7. The number of nitrogens with zero attached hydrogens (tertiary/aromatic N) is 2. The molecule has 1 N–H and O–H groups in total. The molecular formula is C13H20N2O2. The molecule has 1 unspecified atom stereocenters. The number of carboxylic acids is 1. The van der Waals surface area contributed by atoms with Crippen molar-refractivity contribution < 1.29 is 9.90 Å². The molecule has 0 amide bonds. The molecule has 1 aliphatic heterocycles. The molecule has 2 rings (SSSR count). The maximum atomic E-state index is 11.1. The Kier molecular flexibility index (Phi) is 3.24. The van der Waals surface area contributed by atoms with Gasteiger partial charge in [-0.3, -0.25) is 0 Å². The van der Waals surface area contributed by atoms with Crippen LogP contribution in [0.3, 0.4) is 0 Å². The Labute approximate surface area is 102 Å². The van der Waals surface area contributed by atoms with E-state index in [1.165, 1.54) is 6.42 Å². The van der Waals surface area contributed by atoms with Gasteiger partial charge >= 0.3 is 5.97 Å². The lowest BCUT2D eigenvalue weighted by Gasteiger charge is -2.15. The second-order valence-corrected chi connectivity index (χ2v) is 5.12. The quantitative estimate of drug-likeness (QED) is 0.869. The molecule has 0 aliphatic carbocycles. The maximum absolute atomic E-state index is 11.1. The molecule has 1 fully saturated rings. The Morgan fingerprint density at radius 2 is 2.24 bits per heavy atom. The molecule has 4 heteroatoms. The van der Waals surface area contributed by atoms with Crippen molar-refractivity contribution in [2.45, 2.75) is 26.8 Å². The van der Waals surface area contributed by atoms with E-state index in [0.29, 0.717) is 11.5 Å². The molecule has 0 spiro atoms. The lowest BCUT2D eigenvalue weighted by molar-refractivity contribution is 0.0696. The fraction of sp³-hybridized carbons (Fsp3) is 0.615. The van der Waals surface area contributed by atoms with Crippen LogP contribution >= 0.6 is 0 Å². The normalized spacial score (nSPS) is 21.0. The highest BCUT2D eigenvalue weighted by Crippen LogP contribution is 2.21. The predicted octanol–water partition coefficient (Wildman–Crippen LogP) is 1.75. The molecule has 1 atom stereocenters. The average molecular weight is 236 g/mol. The van der Waals surface area contributed by atoms with Gasteiger partial charge in [-0.25, -0.2) is 4.79 Å². The van der Waals surface area contributed by atoms with E-state index in [-0.39, 0.29) is 0 Å². The van der Waals surface area contributed by atoms with Crippen LogP contribution in [0.4, 0.5) is 0 Å². The Morgan fingerprint density at radius 1 is 1.53 bits per heavy atom. The second kappa shape index (κ2) is 4.53. The highest BCUT2D eigenvalue weighted by molar-refractivity contribution is 5.89. The van der Waals surface area contributed by atoms with Crippen molar-refractivity contribution in [1.82, 2.24) is 9.47 Å². The van der Waals surface area contributed by atoms with Crippen LogP contribution in [0.25, 0.3) is 0 Å². The van der Waals surface area contributed by atoms with Crippen molar-refractivity contribution in [3.63, 3.8) is 0 Å². The van der Waals surface area contributed by atoms with Crippen LogP contribution in [0.5, 0.6) is 0 Å². The van der Waals surface area contributed by atoms with Crippen molar-refractivity contribution in [2.24, 2.45) is 5.92 Å². The zero-order chi connectivity index (χ0) is 12.6. The number of aromatic nitrogens is 1. The van der Waals surface area contributed by atoms with Crippen molar-refractivity contribution in [3.8, 4) is 0 Å². The van der Waals surface area contributed by atoms with E-state index >= 15 is 0 Å². The van der Waals surface area contributed by atoms with Crippen LogP contribution in [0, 0.1) is 19.8 Å². The smallest absolute Gasteiger partial charge is 0.337 e. The summed E-state index contributed by atoms with van der Waals surface area (Å²) in [5, 5.41) is 9.08. The monoisotopic (exact) mass is 236 g/mol. The van der Waals surface area contributed by atoms with E-state index in [1.807, 2.05) is 13.8 Å². The van der Waals surface area contributed by atoms with E-state index < -0.39 is 5.97 Å². The minimum absolute atomic E-state index is 0.439. The van der Waals surface area contributed by atoms with Crippen LogP contribution < -0.4 is 0 Å². The molecule has 94 valence electrons. The molecule has 1 saturated heterocycles. The summed E-state index contributed by atoms with van der Waals surface area (Å²) in [6, 6.07) is 1.77. The fourth-order valence-corrected chi connectivity index (χ4v) is 2.73. The molecule has 0 aromatic carbocycles. The number of rotatable bonds is 3. The Bertz CT molecular complexity index is 437. The summed E-state index contributed by atoms with van der Waals surface area (Å²) in [6.45, 7) is 7.08. The zero-order valence-corrected chi connectivity index (χ0v) is 10.7. The van der Waals surface area contributed by atoms with Gasteiger partial charge in [-0.05, 0) is 45.8 Å². The summed E-state index contributed by atoms with van der Waals surface area (Å²) < 4.78 is 2.15. The fourth-order valence-electron chi connectivity index (χ4n) is 2.73. The molecular weight excluding hydrogens is 216 g/mol. The number of hydrogen-bond donors (Lipinski definition) is 1. The van der Waals surface area contributed by atoms with Gasteiger partial charge in [0, 0.05) is 24.5 Å². The van der Waals surface area contributed by atoms with Gasteiger partial charge in [0.05, 0.1) is 5.56 Å². The molecule has 2 heterocycles. The number of aromatic carboxylic acids is 1. The predicted molar refractivity (Wildman–Crippen MR) is 66.5 cm³/mol. The van der Waals surface area contributed by atoms with Gasteiger partial charge in [0.25, 0.3) is 0 Å². The first-order chi connectivity index (χ1) is 7.99. The van der Waals surface area contributed by atoms with Gasteiger partial charge in [-0.1, -0.05) is 0 Å². The number of aryl methyl sites for hydroxylation is 1. The van der Waals surface area contributed by atoms with E-state index in [1.54, 1.807) is 6.07 Å². The lowest BCUT2D eigenvalue weighted by atomic mass is 10.1. The first kappa shape index (κ1) is 12.2. The standard InChI is InChI=1S/C13H20N2O2/c1-9-6-12(13(16)17)10(2)15(9)8-11-4-5-14(3)7-11/h6,11H,4-5,7-8H2,1-3H3,(H,16,17). The topological polar surface area (TPSA) is 45.5 Å². The Balaban J connectivity index is 2.18. The van der Waals surface area contributed by atoms with Gasteiger partial charge < -0.3 is 14.6 Å². The molecule has 1 aromatic heterocycles. The summed E-state index contributed by atoms with van der Waals surface area (Å²) in [5.74, 6) is -0.181. The molecule has 0 saturated carbocycles. The van der Waals surface area contributed by atoms with Crippen LogP contribution in [-0.2, 0) is 6.54 Å². The molecule has 17 heavy (non-hydrogen) atoms. The highest BCUT2D eigenvalue weighted by atomic mass is 16.4. The average Bonchev–Trinajstić information content (AvgIpc) is 2.77. The molecule has 0 bridgehead atoms. The number of carboxylic acid groups (broad SMARTS) is 1. The van der Waals surface area contributed by atoms with Gasteiger partial charge in [0.15, 0.2) is 0 Å². The van der Waals surface area contributed by atoms with E-state index in [0.717, 1.165) is 31.0 Å². The maximum Gasteiger partial charge on any atom is 0.337 e. The summed E-state index contributed by atoms with van der Waals surface area (Å²) in [5.41, 5.74) is 2.37. The number of carbonyl (C=O) groups is 1. The van der Waals surface area contributed by atoms with Crippen molar-refractivity contribution in [3.05, 3.63) is 23.0 Å². The van der Waals surface area contributed by atoms with Crippen molar-refractivity contribution >= 4 is 5.97 Å². The number of hydrogen-bond acceptors (Lipinski definition) is 2. The SMILES string of the molecule is Cc1cc(C(=O)O)c(C)n1CC1CCN(C)C1. The summed E-state index contributed by atoms with van der Waals surface area (Å²) >= 11 is 0. The van der Waals surface area contributed by atoms with E-state index in [4.69, 9.17) is 5.11 Å². The van der Waals surface area contributed by atoms with Gasteiger partial charge in [0.1, 0.15) is 0 Å². The lowest BCUT2D eigenvalue weighted by Crippen LogP contribution is -2.18. The minimum Gasteiger partial charge on any atom is -0.478 e. The molecule has 0 radical (unpaired) electrons. The summed E-state index contributed by atoms with van der Waals surface area (Å²) in [7, 11) is 2.14. The second-order valence-electron chi connectivity index (χ2n) is 5.12. The number of likely N-dealkylation sites (tertiary alicyclic amines) is 1. The van der Waals surface area contributed by atoms with Crippen molar-refractivity contribution in [1.29, 1.82) is 0 Å². The summed E-state index contributed by atoms with van der Waals surface area (Å²) in [4.78, 5) is 13.4. The van der Waals surface area contributed by atoms with Gasteiger partial charge in [-0.15, -0.1) is 0 Å². The van der Waals surface area contributed by atoms with Gasteiger partial charge in [0.2, 0.25) is 0 Å². The molecule has 1 aromatic rings. The Morgan fingerprint density at radius 3 is 2.71 bits per heavy atom. The molecule has 1 aliphatic rings. The van der Waals surface area contributed by atoms with Crippen LogP contribution in [0.2, 0.25) is 0 Å². The highest BCUT2D eigenvalue weighted by Gasteiger charge is 2.22. The first-order valence-electron chi connectivity index (χ1n) is 6.07. The van der Waals surface area contributed by atoms with Crippen LogP contribution in [0.15, 0.2) is 6.07 Å². The van der Waals surface area contributed by atoms with Gasteiger partial charge in [-0.2, -0.15) is 0 Å². The van der Waals surface area contributed by atoms with Crippen molar-refractivity contribution in [2.75, 3.05) is 20.1 Å². The Hall–Kier alpha value is -1.29. The van der Waals surface area contributed by atoms with Crippen LogP contribution in [-0.4, -0.2) is 40.7 Å². The molecule has 4 nitrogen and oxygen atoms in total. The summed E-state index contributed by atoms with van der Waals surface area (Å²) in [6.07, 6.45) is 1.20. The third kappa shape index (κ3) is 2.36. The van der Waals surface area contributed by atoms with E-state index in [2.05, 4.69) is 16.5 Å². The largest absolute Gasteiger partial charge is 0.478 e. The minimum atomic E-state index is -0.826. The third-order valence-corrected chi connectivity index (χ3v) is 3.73.